The summed E-state index contributed by atoms with van der Waals surface area (Å²) in [6.45, 7) is 0. The average molecular weight is 402 g/mol. The maximum Gasteiger partial charge on any atom is 0.346 e. The third kappa shape index (κ3) is 4.25. The number of esters is 1. The number of halogens is 1. The molecule has 0 saturated carbocycles. The zero-order valence-corrected chi connectivity index (χ0v) is 15.5. The highest BCUT2D eigenvalue weighted by atomic mass is 19.1. The van der Waals surface area contributed by atoms with Gasteiger partial charge in [-0.15, -0.1) is 0 Å². The van der Waals surface area contributed by atoms with Crippen LogP contribution in [0.2, 0.25) is 0 Å². The molecule has 3 aromatic carbocycles. The van der Waals surface area contributed by atoms with E-state index in [1.165, 1.54) is 24.4 Å². The molecule has 4 aromatic rings. The van der Waals surface area contributed by atoms with E-state index in [2.05, 4.69) is 10.5 Å². The smallest absolute Gasteiger partial charge is 0.346 e. The minimum absolute atomic E-state index is 0.142. The van der Waals surface area contributed by atoms with E-state index in [-0.39, 0.29) is 17.1 Å². The molecule has 0 atom stereocenters. The van der Waals surface area contributed by atoms with Gasteiger partial charge in [0.05, 0.1) is 11.8 Å². The number of rotatable bonds is 5. The zero-order valence-electron chi connectivity index (χ0n) is 15.5. The normalized spacial score (nSPS) is 11.0. The fraction of sp³-hybridized carbons (Fsp3) is 0. The van der Waals surface area contributed by atoms with Gasteiger partial charge in [0.15, 0.2) is 5.76 Å². The molecule has 1 amide bonds. The van der Waals surface area contributed by atoms with Gasteiger partial charge in [-0.1, -0.05) is 30.3 Å². The van der Waals surface area contributed by atoms with Crippen molar-refractivity contribution in [1.82, 2.24) is 5.43 Å². The lowest BCUT2D eigenvalue weighted by atomic mass is 10.2. The summed E-state index contributed by atoms with van der Waals surface area (Å²) >= 11 is 0. The Balaban J connectivity index is 1.36. The Morgan fingerprint density at radius 3 is 2.47 bits per heavy atom. The van der Waals surface area contributed by atoms with Gasteiger partial charge in [0.1, 0.15) is 17.1 Å². The van der Waals surface area contributed by atoms with Crippen LogP contribution in [0.25, 0.3) is 11.0 Å². The number of carbonyl (C=O) groups excluding carboxylic acids is 2. The van der Waals surface area contributed by atoms with E-state index >= 15 is 0 Å². The molecule has 0 saturated heterocycles. The molecule has 0 aliphatic heterocycles. The number of para-hydroxylation sites is 1. The molecule has 1 aromatic heterocycles. The van der Waals surface area contributed by atoms with Gasteiger partial charge in [0.2, 0.25) is 0 Å². The Kier molecular flexibility index (Phi) is 5.34. The zero-order chi connectivity index (χ0) is 20.9. The Labute approximate surface area is 170 Å². The van der Waals surface area contributed by atoms with Crippen molar-refractivity contribution in [2.24, 2.45) is 5.10 Å². The molecule has 0 fully saturated rings. The van der Waals surface area contributed by atoms with E-state index < -0.39 is 17.7 Å². The van der Waals surface area contributed by atoms with Crippen molar-refractivity contribution in [3.8, 4) is 5.75 Å². The summed E-state index contributed by atoms with van der Waals surface area (Å²) in [6, 6.07) is 20.9. The highest BCUT2D eigenvalue weighted by Gasteiger charge is 2.13. The number of carbonyl (C=O) groups is 2. The molecule has 0 aliphatic rings. The quantitative estimate of drug-likeness (QED) is 0.230. The van der Waals surface area contributed by atoms with Gasteiger partial charge in [-0.05, 0) is 54.1 Å². The largest absolute Gasteiger partial charge is 0.451 e. The first-order chi connectivity index (χ1) is 14.6. The van der Waals surface area contributed by atoms with Crippen molar-refractivity contribution < 1.29 is 23.1 Å². The first-order valence-electron chi connectivity index (χ1n) is 8.99. The van der Waals surface area contributed by atoms with Gasteiger partial charge in [-0.2, -0.15) is 5.10 Å². The third-order valence-electron chi connectivity index (χ3n) is 4.21. The highest BCUT2D eigenvalue weighted by molar-refractivity contribution is 5.96. The summed E-state index contributed by atoms with van der Waals surface area (Å²) in [5, 5.41) is 4.72. The standard InChI is InChI=1S/C23H15FN2O4/c24-19-7-3-2-6-18(19)23(28)29-17-11-9-15(10-12-17)14-25-26-22(27)21-13-16-5-1-4-8-20(16)30-21/h1-14H,(H,26,27)/b25-14+. The van der Waals surface area contributed by atoms with E-state index in [0.717, 1.165) is 5.39 Å². The van der Waals surface area contributed by atoms with Gasteiger partial charge in [0, 0.05) is 5.39 Å². The van der Waals surface area contributed by atoms with E-state index in [4.69, 9.17) is 9.15 Å². The second kappa shape index (κ2) is 8.40. The van der Waals surface area contributed by atoms with Gasteiger partial charge in [-0.25, -0.2) is 14.6 Å². The van der Waals surface area contributed by atoms with Crippen LogP contribution in [0.1, 0.15) is 26.5 Å². The Morgan fingerprint density at radius 2 is 1.70 bits per heavy atom. The minimum Gasteiger partial charge on any atom is -0.451 e. The number of amides is 1. The van der Waals surface area contributed by atoms with Crippen molar-refractivity contribution in [1.29, 1.82) is 0 Å². The summed E-state index contributed by atoms with van der Waals surface area (Å²) in [7, 11) is 0. The van der Waals surface area contributed by atoms with Crippen LogP contribution in [0.5, 0.6) is 5.75 Å². The van der Waals surface area contributed by atoms with E-state index in [1.54, 1.807) is 42.5 Å². The molecular weight excluding hydrogens is 387 g/mol. The number of hydrogen-bond donors (Lipinski definition) is 1. The lowest BCUT2D eigenvalue weighted by molar-refractivity contribution is 0.0729. The van der Waals surface area contributed by atoms with Crippen LogP contribution < -0.4 is 10.2 Å². The number of benzene rings is 3. The topological polar surface area (TPSA) is 80.9 Å². The van der Waals surface area contributed by atoms with Gasteiger partial charge in [-0.3, -0.25) is 4.79 Å². The molecule has 1 heterocycles. The van der Waals surface area contributed by atoms with Crippen molar-refractivity contribution >= 4 is 29.1 Å². The second-order valence-electron chi connectivity index (χ2n) is 6.29. The maximum absolute atomic E-state index is 13.6. The molecule has 0 bridgehead atoms. The number of nitrogens with one attached hydrogen (secondary N) is 1. The fourth-order valence-corrected chi connectivity index (χ4v) is 2.73. The first-order valence-corrected chi connectivity index (χ1v) is 8.99. The summed E-state index contributed by atoms with van der Waals surface area (Å²) in [6.07, 6.45) is 1.43. The van der Waals surface area contributed by atoms with Crippen molar-refractivity contribution in [3.63, 3.8) is 0 Å². The van der Waals surface area contributed by atoms with E-state index in [9.17, 15) is 14.0 Å². The predicted octanol–water partition coefficient (Wildman–Crippen LogP) is 4.56. The number of hydrazone groups is 1. The van der Waals surface area contributed by atoms with Gasteiger partial charge in [0.25, 0.3) is 0 Å². The molecular formula is C23H15FN2O4. The molecule has 0 spiro atoms. The SMILES string of the molecule is O=C(N/N=C/c1ccc(OC(=O)c2ccccc2F)cc1)c1cc2ccccc2o1. The number of nitrogens with zero attached hydrogens (tertiary/aromatic N) is 1. The van der Waals surface area contributed by atoms with Crippen LogP contribution in [0.3, 0.4) is 0 Å². The summed E-state index contributed by atoms with van der Waals surface area (Å²) in [4.78, 5) is 24.2. The maximum atomic E-state index is 13.6. The summed E-state index contributed by atoms with van der Waals surface area (Å²) < 4.78 is 24.3. The molecule has 7 heteroatoms. The van der Waals surface area contributed by atoms with Crippen LogP contribution in [0.15, 0.2) is 88.4 Å². The molecule has 0 unspecified atom stereocenters. The van der Waals surface area contributed by atoms with Crippen molar-refractivity contribution in [2.75, 3.05) is 0 Å². The third-order valence-corrected chi connectivity index (χ3v) is 4.21. The monoisotopic (exact) mass is 402 g/mol. The highest BCUT2D eigenvalue weighted by Crippen LogP contribution is 2.18. The van der Waals surface area contributed by atoms with Crippen LogP contribution >= 0.6 is 0 Å². The van der Waals surface area contributed by atoms with Crippen molar-refractivity contribution in [3.05, 3.63) is 102 Å². The predicted molar refractivity (Wildman–Crippen MR) is 109 cm³/mol. The van der Waals surface area contributed by atoms with Crippen LogP contribution in [-0.4, -0.2) is 18.1 Å². The van der Waals surface area contributed by atoms with E-state index in [1.807, 2.05) is 18.2 Å². The van der Waals surface area contributed by atoms with Crippen LogP contribution in [0.4, 0.5) is 4.39 Å². The van der Waals surface area contributed by atoms with Gasteiger partial charge < -0.3 is 9.15 Å². The molecule has 148 valence electrons. The summed E-state index contributed by atoms with van der Waals surface area (Å²) in [5.74, 6) is -1.49. The van der Waals surface area contributed by atoms with Crippen LogP contribution in [0, 0.1) is 5.82 Å². The number of hydrogen-bond acceptors (Lipinski definition) is 5. The molecule has 6 nitrogen and oxygen atoms in total. The van der Waals surface area contributed by atoms with E-state index in [0.29, 0.717) is 11.1 Å². The number of fused-ring (bicyclic) bond motifs is 1. The van der Waals surface area contributed by atoms with Crippen LogP contribution in [-0.2, 0) is 0 Å². The minimum atomic E-state index is -0.785. The Hall–Kier alpha value is -4.26. The van der Waals surface area contributed by atoms with Crippen molar-refractivity contribution in [2.45, 2.75) is 0 Å². The lowest BCUT2D eigenvalue weighted by Crippen LogP contribution is -2.16. The first kappa shape index (κ1) is 19.1. The molecule has 1 N–H and O–H groups in total. The Morgan fingerprint density at radius 1 is 0.967 bits per heavy atom. The number of furan rings is 1. The molecule has 30 heavy (non-hydrogen) atoms. The fourth-order valence-electron chi connectivity index (χ4n) is 2.73. The average Bonchev–Trinajstić information content (AvgIpc) is 3.20. The lowest BCUT2D eigenvalue weighted by Gasteiger charge is -2.05. The number of ether oxygens (including phenoxy) is 1. The molecule has 4 rings (SSSR count). The molecule has 0 aliphatic carbocycles. The molecule has 0 radical (unpaired) electrons. The Bertz CT molecular complexity index is 1210. The second-order valence-corrected chi connectivity index (χ2v) is 6.29. The summed E-state index contributed by atoms with van der Waals surface area (Å²) in [5.41, 5.74) is 3.53. The van der Waals surface area contributed by atoms with Gasteiger partial charge >= 0.3 is 11.9 Å².